The summed E-state index contributed by atoms with van der Waals surface area (Å²) in [6.45, 7) is 5.67. The average Bonchev–Trinajstić information content (AvgIpc) is 2.46. The van der Waals surface area contributed by atoms with Gasteiger partial charge in [0.1, 0.15) is 5.82 Å². The van der Waals surface area contributed by atoms with Crippen molar-refractivity contribution in [2.75, 3.05) is 26.3 Å². The van der Waals surface area contributed by atoms with E-state index in [2.05, 4.69) is 5.32 Å². The lowest BCUT2D eigenvalue weighted by atomic mass is 10.2. The zero-order chi connectivity index (χ0) is 15.5. The Bertz CT molecular complexity index is 584. The fourth-order valence-corrected chi connectivity index (χ4v) is 3.80. The molecule has 1 aliphatic rings. The lowest BCUT2D eigenvalue weighted by molar-refractivity contribution is 0.0730. The molecule has 0 unspecified atom stereocenters. The summed E-state index contributed by atoms with van der Waals surface area (Å²) in [5.74, 6) is -0.546. The number of nitrogens with zero attached hydrogens (tertiary/aromatic N) is 1. The molecule has 2 rings (SSSR count). The lowest BCUT2D eigenvalue weighted by Crippen LogP contribution is -2.41. The van der Waals surface area contributed by atoms with E-state index in [9.17, 15) is 12.8 Å². The van der Waals surface area contributed by atoms with Crippen LogP contribution < -0.4 is 5.32 Å². The van der Waals surface area contributed by atoms with Gasteiger partial charge in [-0.05, 0) is 17.7 Å². The molecule has 1 aromatic carbocycles. The number of hydrogen-bond donors (Lipinski definition) is 1. The van der Waals surface area contributed by atoms with Gasteiger partial charge >= 0.3 is 0 Å². The summed E-state index contributed by atoms with van der Waals surface area (Å²) >= 11 is 0. The van der Waals surface area contributed by atoms with Gasteiger partial charge in [-0.1, -0.05) is 19.9 Å². The maximum absolute atomic E-state index is 13.5. The van der Waals surface area contributed by atoms with Crippen LogP contribution in [0, 0.1) is 5.82 Å². The van der Waals surface area contributed by atoms with Gasteiger partial charge in [-0.15, -0.1) is 0 Å². The maximum Gasteiger partial charge on any atom is 0.243 e. The van der Waals surface area contributed by atoms with Crippen LogP contribution in [0.2, 0.25) is 0 Å². The third kappa shape index (κ3) is 4.00. The van der Waals surface area contributed by atoms with E-state index >= 15 is 0 Å². The number of halogens is 1. The van der Waals surface area contributed by atoms with Crippen LogP contribution in [-0.2, 0) is 21.3 Å². The number of ether oxygens (including phenoxy) is 1. The Morgan fingerprint density at radius 1 is 1.33 bits per heavy atom. The summed E-state index contributed by atoms with van der Waals surface area (Å²) in [6, 6.07) is 4.13. The molecule has 0 bridgehead atoms. The fourth-order valence-electron chi connectivity index (χ4n) is 2.15. The second-order valence-electron chi connectivity index (χ2n) is 5.30. The molecule has 0 spiro atoms. The highest BCUT2D eigenvalue weighted by Crippen LogP contribution is 2.22. The minimum absolute atomic E-state index is 0.0394. The van der Waals surface area contributed by atoms with Crippen LogP contribution in [0.3, 0.4) is 0 Å². The summed E-state index contributed by atoms with van der Waals surface area (Å²) < 4.78 is 45.4. The van der Waals surface area contributed by atoms with Gasteiger partial charge in [-0.3, -0.25) is 0 Å². The minimum atomic E-state index is -3.69. The molecule has 5 nitrogen and oxygen atoms in total. The van der Waals surface area contributed by atoms with Crippen molar-refractivity contribution in [2.24, 2.45) is 0 Å². The molecular formula is C14H21FN2O3S. The standard InChI is InChI=1S/C14H21FN2O3S/c1-11(2)16-10-12-3-4-13(15)9-14(12)21(18,19)17-5-7-20-8-6-17/h3-4,9,11,16H,5-8,10H2,1-2H3. The highest BCUT2D eigenvalue weighted by atomic mass is 32.2. The van der Waals surface area contributed by atoms with E-state index in [4.69, 9.17) is 4.74 Å². The highest BCUT2D eigenvalue weighted by Gasteiger charge is 2.28. The van der Waals surface area contributed by atoms with E-state index in [1.165, 1.54) is 16.4 Å². The van der Waals surface area contributed by atoms with Crippen LogP contribution in [0.5, 0.6) is 0 Å². The summed E-state index contributed by atoms with van der Waals surface area (Å²) in [5.41, 5.74) is 0.580. The Labute approximate surface area is 125 Å². The number of rotatable bonds is 5. The largest absolute Gasteiger partial charge is 0.379 e. The van der Waals surface area contributed by atoms with Crippen LogP contribution >= 0.6 is 0 Å². The van der Waals surface area contributed by atoms with Gasteiger partial charge in [0, 0.05) is 25.7 Å². The molecule has 1 aromatic rings. The monoisotopic (exact) mass is 316 g/mol. The fraction of sp³-hybridized carbons (Fsp3) is 0.571. The van der Waals surface area contributed by atoms with E-state index < -0.39 is 15.8 Å². The van der Waals surface area contributed by atoms with Gasteiger partial charge in [-0.2, -0.15) is 4.31 Å². The number of nitrogens with one attached hydrogen (secondary N) is 1. The molecule has 0 atom stereocenters. The Hall–Kier alpha value is -1.02. The van der Waals surface area contributed by atoms with E-state index in [1.807, 2.05) is 13.8 Å². The Morgan fingerprint density at radius 2 is 2.00 bits per heavy atom. The molecule has 0 amide bonds. The van der Waals surface area contributed by atoms with Crippen molar-refractivity contribution in [1.29, 1.82) is 0 Å². The molecule has 0 radical (unpaired) electrons. The molecule has 1 saturated heterocycles. The molecular weight excluding hydrogens is 295 g/mol. The van der Waals surface area contributed by atoms with Crippen molar-refractivity contribution < 1.29 is 17.5 Å². The van der Waals surface area contributed by atoms with Crippen molar-refractivity contribution >= 4 is 10.0 Å². The second kappa shape index (κ2) is 6.83. The Kier molecular flexibility index (Phi) is 5.32. The van der Waals surface area contributed by atoms with Crippen molar-refractivity contribution in [1.82, 2.24) is 9.62 Å². The van der Waals surface area contributed by atoms with Gasteiger partial charge in [-0.25, -0.2) is 12.8 Å². The third-order valence-corrected chi connectivity index (χ3v) is 5.30. The van der Waals surface area contributed by atoms with Crippen LogP contribution in [0.15, 0.2) is 23.1 Å². The van der Waals surface area contributed by atoms with Gasteiger partial charge in [0.15, 0.2) is 0 Å². The molecule has 0 aromatic heterocycles. The van der Waals surface area contributed by atoms with Gasteiger partial charge in [0.2, 0.25) is 10.0 Å². The number of benzene rings is 1. The molecule has 0 saturated carbocycles. The zero-order valence-electron chi connectivity index (χ0n) is 12.3. The first kappa shape index (κ1) is 16.4. The minimum Gasteiger partial charge on any atom is -0.379 e. The molecule has 118 valence electrons. The van der Waals surface area contributed by atoms with Gasteiger partial charge in [0.05, 0.1) is 18.1 Å². The average molecular weight is 316 g/mol. The third-order valence-electron chi connectivity index (χ3n) is 3.32. The lowest BCUT2D eigenvalue weighted by Gasteiger charge is -2.27. The Morgan fingerprint density at radius 3 is 2.62 bits per heavy atom. The SMILES string of the molecule is CC(C)NCc1ccc(F)cc1S(=O)(=O)N1CCOCC1. The summed E-state index contributed by atoms with van der Waals surface area (Å²) in [4.78, 5) is 0.0394. The first-order valence-corrected chi connectivity index (χ1v) is 8.45. The summed E-state index contributed by atoms with van der Waals surface area (Å²) in [5, 5.41) is 3.17. The first-order chi connectivity index (χ1) is 9.91. The quantitative estimate of drug-likeness (QED) is 0.891. The van der Waals surface area contributed by atoms with Gasteiger partial charge in [0.25, 0.3) is 0 Å². The van der Waals surface area contributed by atoms with Crippen molar-refractivity contribution in [3.8, 4) is 0 Å². The summed E-state index contributed by atoms with van der Waals surface area (Å²) in [6.07, 6.45) is 0. The highest BCUT2D eigenvalue weighted by molar-refractivity contribution is 7.89. The van der Waals surface area contributed by atoms with Crippen LogP contribution in [-0.4, -0.2) is 45.1 Å². The van der Waals surface area contributed by atoms with Crippen molar-refractivity contribution in [2.45, 2.75) is 31.3 Å². The molecule has 21 heavy (non-hydrogen) atoms. The van der Waals surface area contributed by atoms with Crippen LogP contribution in [0.25, 0.3) is 0 Å². The number of morpholine rings is 1. The van der Waals surface area contributed by atoms with Crippen molar-refractivity contribution in [3.05, 3.63) is 29.6 Å². The predicted molar refractivity (Wildman–Crippen MR) is 78.0 cm³/mol. The number of sulfonamides is 1. The topological polar surface area (TPSA) is 58.6 Å². The van der Waals surface area contributed by atoms with Crippen LogP contribution in [0.4, 0.5) is 4.39 Å². The molecule has 1 heterocycles. The van der Waals surface area contributed by atoms with Crippen LogP contribution in [0.1, 0.15) is 19.4 Å². The predicted octanol–water partition coefficient (Wildman–Crippen LogP) is 1.34. The molecule has 1 N–H and O–H groups in total. The smallest absolute Gasteiger partial charge is 0.243 e. The number of hydrogen-bond acceptors (Lipinski definition) is 4. The molecule has 1 fully saturated rings. The van der Waals surface area contributed by atoms with E-state index in [-0.39, 0.29) is 10.9 Å². The van der Waals surface area contributed by atoms with E-state index in [0.29, 0.717) is 38.4 Å². The second-order valence-corrected chi connectivity index (χ2v) is 7.21. The maximum atomic E-state index is 13.5. The summed E-state index contributed by atoms with van der Waals surface area (Å²) in [7, 11) is -3.69. The zero-order valence-corrected chi connectivity index (χ0v) is 13.1. The molecule has 1 aliphatic heterocycles. The molecule has 0 aliphatic carbocycles. The van der Waals surface area contributed by atoms with Crippen molar-refractivity contribution in [3.63, 3.8) is 0 Å². The van der Waals surface area contributed by atoms with E-state index in [1.54, 1.807) is 0 Å². The Balaban J connectivity index is 2.33. The molecule has 7 heteroatoms. The first-order valence-electron chi connectivity index (χ1n) is 7.01. The normalized spacial score (nSPS) is 17.3. The van der Waals surface area contributed by atoms with E-state index in [0.717, 1.165) is 6.07 Å². The van der Waals surface area contributed by atoms with Gasteiger partial charge < -0.3 is 10.1 Å².